The van der Waals surface area contributed by atoms with E-state index in [1.165, 1.54) is 31.2 Å². The molecule has 1 heteroatoms. The first-order chi connectivity index (χ1) is 6.34. The third kappa shape index (κ3) is 3.49. The van der Waals surface area contributed by atoms with Crippen LogP contribution in [0.3, 0.4) is 0 Å². The van der Waals surface area contributed by atoms with Gasteiger partial charge in [0.1, 0.15) is 0 Å². The molecule has 0 saturated carbocycles. The minimum absolute atomic E-state index is 0.944. The molecule has 0 fully saturated rings. The molecule has 1 nitrogen and oxygen atoms in total. The van der Waals surface area contributed by atoms with Crippen LogP contribution in [0.15, 0.2) is 24.3 Å². The summed E-state index contributed by atoms with van der Waals surface area (Å²) < 4.78 is 0. The quantitative estimate of drug-likeness (QED) is 0.541. The lowest BCUT2D eigenvalue weighted by Gasteiger charge is -2.04. The zero-order valence-corrected chi connectivity index (χ0v) is 8.42. The number of nitrogens with two attached hydrogens (primary N) is 1. The van der Waals surface area contributed by atoms with Gasteiger partial charge in [0.25, 0.3) is 0 Å². The summed E-state index contributed by atoms with van der Waals surface area (Å²) in [6.45, 7) is 2.23. The van der Waals surface area contributed by atoms with E-state index in [2.05, 4.69) is 19.1 Å². The van der Waals surface area contributed by atoms with Crippen LogP contribution in [0.5, 0.6) is 0 Å². The lowest BCUT2D eigenvalue weighted by Crippen LogP contribution is -1.93. The molecule has 1 aromatic carbocycles. The number of nitrogen functional groups attached to an aromatic ring is 1. The van der Waals surface area contributed by atoms with Crippen LogP contribution in [0.1, 0.15) is 38.2 Å². The van der Waals surface area contributed by atoms with Gasteiger partial charge in [-0.3, -0.25) is 0 Å². The van der Waals surface area contributed by atoms with Gasteiger partial charge in [0.05, 0.1) is 0 Å². The number of rotatable bonds is 5. The summed E-state index contributed by atoms with van der Waals surface area (Å²) in [4.78, 5) is 0. The Labute approximate surface area is 81.0 Å². The van der Waals surface area contributed by atoms with Crippen molar-refractivity contribution < 1.29 is 0 Å². The van der Waals surface area contributed by atoms with Gasteiger partial charge in [-0.15, -0.1) is 0 Å². The normalized spacial score (nSPS) is 10.2. The number of benzene rings is 1. The summed E-state index contributed by atoms with van der Waals surface area (Å²) in [7, 11) is 0. The highest BCUT2D eigenvalue weighted by Crippen LogP contribution is 2.14. The first kappa shape index (κ1) is 10.1. The number of anilines is 1. The largest absolute Gasteiger partial charge is 0.399 e. The summed E-state index contributed by atoms with van der Waals surface area (Å²) in [5.74, 6) is 0. The Kier molecular flexibility index (Phi) is 4.37. The van der Waals surface area contributed by atoms with E-state index in [0.717, 1.165) is 12.1 Å². The first-order valence-electron chi connectivity index (χ1n) is 5.18. The number of hydrogen-bond acceptors (Lipinski definition) is 1. The smallest absolute Gasteiger partial charge is 0.0346 e. The molecule has 0 saturated heterocycles. The average molecular weight is 177 g/mol. The molecule has 1 aromatic rings. The third-order valence-corrected chi connectivity index (χ3v) is 2.35. The van der Waals surface area contributed by atoms with Gasteiger partial charge in [0, 0.05) is 5.69 Å². The van der Waals surface area contributed by atoms with Crippen LogP contribution < -0.4 is 5.73 Å². The van der Waals surface area contributed by atoms with Gasteiger partial charge in [0.15, 0.2) is 0 Å². The van der Waals surface area contributed by atoms with E-state index in [-0.39, 0.29) is 0 Å². The molecule has 0 aliphatic rings. The fourth-order valence-electron chi connectivity index (χ4n) is 1.50. The maximum absolute atomic E-state index is 5.84. The molecule has 0 heterocycles. The van der Waals surface area contributed by atoms with E-state index in [1.54, 1.807) is 0 Å². The van der Waals surface area contributed by atoms with E-state index >= 15 is 0 Å². The highest BCUT2D eigenvalue weighted by atomic mass is 14.6. The maximum Gasteiger partial charge on any atom is 0.0346 e. The number of para-hydroxylation sites is 1. The van der Waals surface area contributed by atoms with E-state index in [4.69, 9.17) is 5.73 Å². The van der Waals surface area contributed by atoms with Crippen LogP contribution in [0.25, 0.3) is 0 Å². The average Bonchev–Trinajstić information content (AvgIpc) is 2.15. The molecule has 0 unspecified atom stereocenters. The van der Waals surface area contributed by atoms with Crippen molar-refractivity contribution in [1.29, 1.82) is 0 Å². The number of unbranched alkanes of at least 4 members (excludes halogenated alkanes) is 3. The van der Waals surface area contributed by atoms with Crippen LogP contribution in [0.2, 0.25) is 0 Å². The molecule has 13 heavy (non-hydrogen) atoms. The third-order valence-electron chi connectivity index (χ3n) is 2.35. The molecule has 2 N–H and O–H groups in total. The topological polar surface area (TPSA) is 26.0 Å². The second-order valence-electron chi connectivity index (χ2n) is 3.51. The Morgan fingerprint density at radius 3 is 2.54 bits per heavy atom. The van der Waals surface area contributed by atoms with Gasteiger partial charge in [-0.2, -0.15) is 0 Å². The molecule has 0 radical (unpaired) electrons. The summed E-state index contributed by atoms with van der Waals surface area (Å²) in [6.07, 6.45) is 6.36. The molecule has 0 aliphatic heterocycles. The fourth-order valence-corrected chi connectivity index (χ4v) is 1.50. The SMILES string of the molecule is CCCCCCc1ccccc1N. The minimum atomic E-state index is 0.944. The van der Waals surface area contributed by atoms with Gasteiger partial charge in [-0.25, -0.2) is 0 Å². The second kappa shape index (κ2) is 5.63. The van der Waals surface area contributed by atoms with Crippen molar-refractivity contribution in [2.45, 2.75) is 39.0 Å². The highest BCUT2D eigenvalue weighted by molar-refractivity contribution is 5.46. The van der Waals surface area contributed by atoms with Gasteiger partial charge in [-0.05, 0) is 24.5 Å². The predicted octanol–water partition coefficient (Wildman–Crippen LogP) is 3.39. The zero-order chi connectivity index (χ0) is 9.52. The second-order valence-corrected chi connectivity index (χ2v) is 3.51. The van der Waals surface area contributed by atoms with Crippen LogP contribution in [0.4, 0.5) is 5.69 Å². The minimum Gasteiger partial charge on any atom is -0.399 e. The van der Waals surface area contributed by atoms with E-state index in [0.29, 0.717) is 0 Å². The van der Waals surface area contributed by atoms with Gasteiger partial charge in [-0.1, -0.05) is 44.4 Å². The molecule has 0 spiro atoms. The molecular formula is C12H19N. The highest BCUT2D eigenvalue weighted by Gasteiger charge is 1.96. The van der Waals surface area contributed by atoms with Crippen molar-refractivity contribution in [1.82, 2.24) is 0 Å². The van der Waals surface area contributed by atoms with Gasteiger partial charge >= 0.3 is 0 Å². The fraction of sp³-hybridized carbons (Fsp3) is 0.500. The van der Waals surface area contributed by atoms with E-state index in [9.17, 15) is 0 Å². The van der Waals surface area contributed by atoms with Crippen LogP contribution in [-0.4, -0.2) is 0 Å². The van der Waals surface area contributed by atoms with Crippen molar-refractivity contribution in [2.24, 2.45) is 0 Å². The van der Waals surface area contributed by atoms with Crippen molar-refractivity contribution >= 4 is 5.69 Å². The molecule has 0 atom stereocenters. The van der Waals surface area contributed by atoms with Crippen molar-refractivity contribution in [3.63, 3.8) is 0 Å². The lowest BCUT2D eigenvalue weighted by molar-refractivity contribution is 0.667. The number of aryl methyl sites for hydroxylation is 1. The van der Waals surface area contributed by atoms with E-state index < -0.39 is 0 Å². The van der Waals surface area contributed by atoms with Crippen molar-refractivity contribution in [3.05, 3.63) is 29.8 Å². The van der Waals surface area contributed by atoms with Gasteiger partial charge in [0.2, 0.25) is 0 Å². The Morgan fingerprint density at radius 1 is 1.08 bits per heavy atom. The Morgan fingerprint density at radius 2 is 1.85 bits per heavy atom. The van der Waals surface area contributed by atoms with Crippen LogP contribution in [0, 0.1) is 0 Å². The molecular weight excluding hydrogens is 158 g/mol. The van der Waals surface area contributed by atoms with Crippen molar-refractivity contribution in [3.8, 4) is 0 Å². The standard InChI is InChI=1S/C12H19N/c1-2-3-4-5-8-11-9-6-7-10-12(11)13/h6-7,9-10H,2-5,8,13H2,1H3. The molecule has 72 valence electrons. The lowest BCUT2D eigenvalue weighted by atomic mass is 10.1. The summed E-state index contributed by atoms with van der Waals surface area (Å²) in [5.41, 5.74) is 8.08. The zero-order valence-electron chi connectivity index (χ0n) is 8.42. The Hall–Kier alpha value is -0.980. The van der Waals surface area contributed by atoms with E-state index in [1.807, 2.05) is 12.1 Å². The first-order valence-corrected chi connectivity index (χ1v) is 5.18. The summed E-state index contributed by atoms with van der Waals surface area (Å²) in [5, 5.41) is 0. The monoisotopic (exact) mass is 177 g/mol. The molecule has 0 aliphatic carbocycles. The molecule has 0 amide bonds. The molecule has 0 aromatic heterocycles. The Bertz CT molecular complexity index is 243. The molecule has 1 rings (SSSR count). The van der Waals surface area contributed by atoms with Crippen LogP contribution in [-0.2, 0) is 6.42 Å². The maximum atomic E-state index is 5.84. The van der Waals surface area contributed by atoms with Crippen LogP contribution >= 0.6 is 0 Å². The molecule has 0 bridgehead atoms. The summed E-state index contributed by atoms with van der Waals surface area (Å²) in [6, 6.07) is 8.16. The predicted molar refractivity (Wildman–Crippen MR) is 58.7 cm³/mol. The summed E-state index contributed by atoms with van der Waals surface area (Å²) >= 11 is 0. The number of hydrogen-bond donors (Lipinski definition) is 1. The Balaban J connectivity index is 2.32. The van der Waals surface area contributed by atoms with Gasteiger partial charge < -0.3 is 5.73 Å². The van der Waals surface area contributed by atoms with Crippen molar-refractivity contribution in [2.75, 3.05) is 5.73 Å².